The van der Waals surface area contributed by atoms with Crippen molar-refractivity contribution in [3.05, 3.63) is 86.5 Å². The summed E-state index contributed by atoms with van der Waals surface area (Å²) in [5.74, 6) is -0.768. The lowest BCUT2D eigenvalue weighted by atomic mass is 9.89. The Morgan fingerprint density at radius 1 is 1.22 bits per heavy atom. The number of anilines is 2. The van der Waals surface area contributed by atoms with Crippen molar-refractivity contribution in [2.45, 2.75) is 32.1 Å². The lowest BCUT2D eigenvalue weighted by Crippen LogP contribution is -2.41. The van der Waals surface area contributed by atoms with Gasteiger partial charge >= 0.3 is 17.8 Å². The van der Waals surface area contributed by atoms with Gasteiger partial charge in [-0.15, -0.1) is 5.10 Å². The van der Waals surface area contributed by atoms with Crippen LogP contribution in [0.15, 0.2) is 58.5 Å². The molecule has 0 bridgehead atoms. The highest BCUT2D eigenvalue weighted by Gasteiger charge is 2.41. The molecular formula is C30H34F3N6O6+. The summed E-state index contributed by atoms with van der Waals surface area (Å²) in [6, 6.07) is 10.6. The van der Waals surface area contributed by atoms with Gasteiger partial charge in [0.15, 0.2) is 0 Å². The van der Waals surface area contributed by atoms with Crippen LogP contribution in [0.1, 0.15) is 41.6 Å². The molecule has 1 aliphatic rings. The van der Waals surface area contributed by atoms with Gasteiger partial charge in [-0.2, -0.15) is 18.4 Å². The number of carboxylic acid groups (broad SMARTS) is 1. The number of benzene rings is 2. The predicted octanol–water partition coefficient (Wildman–Crippen LogP) is 3.96. The van der Waals surface area contributed by atoms with Crippen LogP contribution in [0.25, 0.3) is 0 Å². The number of methoxy groups -OCH3 is 2. The van der Waals surface area contributed by atoms with Gasteiger partial charge in [0.2, 0.25) is 5.95 Å². The first-order valence-corrected chi connectivity index (χ1v) is 13.6. The molecule has 0 aliphatic carbocycles. The van der Waals surface area contributed by atoms with E-state index in [2.05, 4.69) is 16.3 Å². The third kappa shape index (κ3) is 7.59. The molecule has 2 heterocycles. The Balaban J connectivity index is 0.00000177. The van der Waals surface area contributed by atoms with E-state index < -0.39 is 29.4 Å². The van der Waals surface area contributed by atoms with Gasteiger partial charge in [-0.1, -0.05) is 12.1 Å². The lowest BCUT2D eigenvalue weighted by molar-refractivity contribution is -0.903. The first-order chi connectivity index (χ1) is 21.2. The number of fused-ring (bicyclic) bond motifs is 1. The Kier molecular flexibility index (Phi) is 10.9. The maximum Gasteiger partial charge on any atom is 0.416 e. The van der Waals surface area contributed by atoms with Gasteiger partial charge in [0.05, 0.1) is 57.1 Å². The van der Waals surface area contributed by atoms with Crippen molar-refractivity contribution in [1.29, 1.82) is 5.26 Å². The topological polar surface area (TPSA) is 151 Å². The quantitative estimate of drug-likeness (QED) is 0.155. The number of nitriles is 1. The molecule has 3 aromatic rings. The van der Waals surface area contributed by atoms with Gasteiger partial charge in [0.25, 0.3) is 6.47 Å². The smallest absolute Gasteiger partial charge is 0.416 e. The average molecular weight is 632 g/mol. The third-order valence-electron chi connectivity index (χ3n) is 7.26. The molecule has 2 aromatic carbocycles. The number of alkyl halides is 3. The van der Waals surface area contributed by atoms with Gasteiger partial charge in [-0.25, -0.2) is 19.3 Å². The minimum Gasteiger partial charge on any atom is -0.483 e. The average Bonchev–Trinajstić information content (AvgIpc) is 3.36. The molecule has 45 heavy (non-hydrogen) atoms. The maximum atomic E-state index is 13.6. The van der Waals surface area contributed by atoms with Gasteiger partial charge in [-0.05, 0) is 42.8 Å². The molecule has 0 saturated heterocycles. The molecule has 0 radical (unpaired) electrons. The summed E-state index contributed by atoms with van der Waals surface area (Å²) >= 11 is 0. The van der Waals surface area contributed by atoms with E-state index in [0.717, 1.165) is 25.1 Å². The fourth-order valence-electron chi connectivity index (χ4n) is 5.33. The number of aromatic nitrogens is 3. The zero-order chi connectivity index (χ0) is 33.5. The highest BCUT2D eigenvalue weighted by molar-refractivity contribution is 5.93. The molecule has 0 fully saturated rings. The summed E-state index contributed by atoms with van der Waals surface area (Å²) in [5, 5.41) is 23.1. The number of quaternary nitrogens is 1. The molecule has 12 nitrogen and oxygen atoms in total. The monoisotopic (exact) mass is 631 g/mol. The number of halogens is 3. The number of hydrogen-bond donors (Lipinski definition) is 2. The molecule has 240 valence electrons. The molecule has 0 amide bonds. The normalized spacial score (nSPS) is 14.6. The van der Waals surface area contributed by atoms with E-state index >= 15 is 0 Å². The third-order valence-corrected chi connectivity index (χ3v) is 7.26. The Morgan fingerprint density at radius 3 is 2.51 bits per heavy atom. The number of rotatable bonds is 9. The number of carbonyl (C=O) groups excluding carboxylic acids is 1. The number of nitrogens with zero attached hydrogens (tertiary/aromatic N) is 5. The zero-order valence-electron chi connectivity index (χ0n) is 25.4. The van der Waals surface area contributed by atoms with Crippen LogP contribution in [-0.2, 0) is 31.8 Å². The minimum absolute atomic E-state index is 0.00127. The fraction of sp³-hybridized carbons (Fsp3) is 0.367. The van der Waals surface area contributed by atoms with E-state index in [4.69, 9.17) is 19.4 Å². The number of hydrogen-bond acceptors (Lipinski definition) is 8. The number of nitrogens with one attached hydrogen (secondary N) is 1. The second-order valence-corrected chi connectivity index (χ2v) is 10.8. The first kappa shape index (κ1) is 34.5. The van der Waals surface area contributed by atoms with E-state index in [9.17, 15) is 28.0 Å². The van der Waals surface area contributed by atoms with E-state index in [0.29, 0.717) is 34.3 Å². The molecule has 1 aliphatic heterocycles. The molecule has 2 N–H and O–H groups in total. The van der Waals surface area contributed by atoms with Crippen LogP contribution < -0.4 is 10.6 Å². The fourth-order valence-corrected chi connectivity index (χ4v) is 5.33. The van der Waals surface area contributed by atoms with Gasteiger partial charge < -0.3 is 19.1 Å². The summed E-state index contributed by atoms with van der Waals surface area (Å²) < 4.78 is 52.9. The number of H-pyrrole nitrogens is 1. The standard InChI is InChI=1S/C29H31F3N6O4.CH2O2/c1-18-24(26(39)42-5)25(23-11-10-19(16-33)14-20(23)17-38(2,3)12-7-13-41-4)37-27(34-35-28(37)40)36(18)22-9-6-8-21(15-22)29(30,31)32;2-1-3/h6,8-11,14-15,25H,7,12-13,17H2,1-5H3;1H,(H,2,3)/p+1/t25-;/m1./s1. The Hall–Kier alpha value is -4.94. The summed E-state index contributed by atoms with van der Waals surface area (Å²) in [5.41, 5.74) is 0.420. The van der Waals surface area contributed by atoms with Crippen LogP contribution in [0.4, 0.5) is 24.8 Å². The molecular weight excluding hydrogens is 597 g/mol. The Morgan fingerprint density at radius 2 is 1.91 bits per heavy atom. The summed E-state index contributed by atoms with van der Waals surface area (Å²) in [6.45, 7) is 3.07. The van der Waals surface area contributed by atoms with E-state index in [1.165, 1.54) is 28.7 Å². The number of esters is 1. The van der Waals surface area contributed by atoms with Crippen LogP contribution in [-0.4, -0.2) is 78.3 Å². The van der Waals surface area contributed by atoms with Crippen LogP contribution in [0.3, 0.4) is 0 Å². The SMILES string of the molecule is COCCC[N+](C)(C)Cc1cc(C#N)ccc1[C@@H]1C(C(=O)OC)=C(C)N(c2cccc(C(F)(F)F)c2)c2n[nH]c(=O)n21.O=CO. The molecule has 15 heteroatoms. The van der Waals surface area contributed by atoms with Gasteiger partial charge in [-0.3, -0.25) is 9.69 Å². The highest BCUT2D eigenvalue weighted by Crippen LogP contribution is 2.43. The van der Waals surface area contributed by atoms with Gasteiger partial charge in [0, 0.05) is 30.5 Å². The van der Waals surface area contributed by atoms with Crippen molar-refractivity contribution >= 4 is 24.1 Å². The second kappa shape index (κ2) is 14.2. The second-order valence-electron chi connectivity index (χ2n) is 10.8. The zero-order valence-corrected chi connectivity index (χ0v) is 25.4. The van der Waals surface area contributed by atoms with Crippen LogP contribution in [0, 0.1) is 11.3 Å². The van der Waals surface area contributed by atoms with Crippen molar-refractivity contribution in [2.24, 2.45) is 0 Å². The summed E-state index contributed by atoms with van der Waals surface area (Å²) in [4.78, 5) is 36.4. The summed E-state index contributed by atoms with van der Waals surface area (Å²) in [6.07, 6.45) is -3.84. The molecule has 1 aromatic heterocycles. The first-order valence-electron chi connectivity index (χ1n) is 13.6. The van der Waals surface area contributed by atoms with E-state index in [-0.39, 0.29) is 29.4 Å². The number of ether oxygens (including phenoxy) is 2. The molecule has 1 atom stereocenters. The largest absolute Gasteiger partial charge is 0.483 e. The van der Waals surface area contributed by atoms with E-state index in [1.807, 2.05) is 14.1 Å². The molecule has 0 spiro atoms. The number of aromatic amines is 1. The molecule has 0 unspecified atom stereocenters. The van der Waals surface area contributed by atoms with Crippen LogP contribution >= 0.6 is 0 Å². The van der Waals surface area contributed by atoms with Crippen LogP contribution in [0.5, 0.6) is 0 Å². The van der Waals surface area contributed by atoms with Crippen molar-refractivity contribution in [2.75, 3.05) is 46.4 Å². The van der Waals surface area contributed by atoms with Crippen molar-refractivity contribution in [1.82, 2.24) is 14.8 Å². The molecule has 0 saturated carbocycles. The van der Waals surface area contributed by atoms with Crippen LogP contribution in [0.2, 0.25) is 0 Å². The number of carbonyl (C=O) groups is 2. The predicted molar refractivity (Wildman–Crippen MR) is 156 cm³/mol. The Bertz CT molecular complexity index is 1670. The van der Waals surface area contributed by atoms with Gasteiger partial charge in [0.1, 0.15) is 12.6 Å². The minimum atomic E-state index is -4.62. The summed E-state index contributed by atoms with van der Waals surface area (Å²) in [7, 11) is 6.86. The van der Waals surface area contributed by atoms with Crippen molar-refractivity contribution in [3.63, 3.8) is 0 Å². The van der Waals surface area contributed by atoms with Crippen molar-refractivity contribution in [3.8, 4) is 6.07 Å². The number of allylic oxidation sites excluding steroid dienone is 1. The maximum absolute atomic E-state index is 13.6. The lowest BCUT2D eigenvalue weighted by Gasteiger charge is -2.37. The highest BCUT2D eigenvalue weighted by atomic mass is 19.4. The van der Waals surface area contributed by atoms with E-state index in [1.54, 1.807) is 32.2 Å². The Labute approximate surface area is 257 Å². The van der Waals surface area contributed by atoms with Crippen molar-refractivity contribution < 1.29 is 41.8 Å². The molecule has 4 rings (SSSR count).